The molecule has 1 aliphatic carbocycles. The number of amides is 1. The molecule has 8 heteroatoms. The first-order valence-corrected chi connectivity index (χ1v) is 10.3. The lowest BCUT2D eigenvalue weighted by atomic mass is 9.98. The van der Waals surface area contributed by atoms with Crippen LogP contribution in [0.5, 0.6) is 0 Å². The highest BCUT2D eigenvalue weighted by molar-refractivity contribution is 7.17. The first-order chi connectivity index (χ1) is 13.0. The molecule has 148 valence electrons. The van der Waals surface area contributed by atoms with Gasteiger partial charge in [0.15, 0.2) is 0 Å². The molecular formula is C19H26N2O5S. The normalized spacial score (nSPS) is 19.4. The Labute approximate surface area is 163 Å². The smallest absolute Gasteiger partial charge is 0.341 e. The van der Waals surface area contributed by atoms with Crippen LogP contribution in [0.3, 0.4) is 0 Å². The topological polar surface area (TPSA) is 84.9 Å². The number of nitrogens with one attached hydrogen (secondary N) is 1. The van der Waals surface area contributed by atoms with Gasteiger partial charge in [0.2, 0.25) is 5.91 Å². The zero-order valence-corrected chi connectivity index (χ0v) is 16.7. The van der Waals surface area contributed by atoms with Crippen LogP contribution in [0.1, 0.15) is 47.0 Å². The van der Waals surface area contributed by atoms with Crippen molar-refractivity contribution in [2.75, 3.05) is 38.7 Å². The third kappa shape index (κ3) is 4.50. The Kier molecular flexibility index (Phi) is 6.49. The molecule has 3 rings (SSSR count). The zero-order chi connectivity index (χ0) is 19.4. The number of carbonyl (C=O) groups excluding carboxylic acids is 3. The molecule has 27 heavy (non-hydrogen) atoms. The maximum absolute atomic E-state index is 12.6. The van der Waals surface area contributed by atoms with Gasteiger partial charge in [-0.05, 0) is 51.1 Å². The van der Waals surface area contributed by atoms with Gasteiger partial charge < -0.3 is 14.8 Å². The summed E-state index contributed by atoms with van der Waals surface area (Å²) in [6.07, 6.45) is 4.47. The lowest BCUT2D eigenvalue weighted by Crippen LogP contribution is -2.43. The minimum absolute atomic E-state index is 0.176. The number of hydrogen-bond donors (Lipinski definition) is 1. The van der Waals surface area contributed by atoms with Gasteiger partial charge in [-0.1, -0.05) is 0 Å². The fourth-order valence-electron chi connectivity index (χ4n) is 3.83. The molecule has 1 aliphatic heterocycles. The van der Waals surface area contributed by atoms with Crippen molar-refractivity contribution in [1.82, 2.24) is 4.90 Å². The number of likely N-dealkylation sites (tertiary alicyclic amines) is 1. The minimum atomic E-state index is -0.398. The van der Waals surface area contributed by atoms with E-state index >= 15 is 0 Å². The van der Waals surface area contributed by atoms with Crippen molar-refractivity contribution < 1.29 is 23.9 Å². The number of hydrogen-bond acceptors (Lipinski definition) is 7. The molecule has 2 aliphatic rings. The van der Waals surface area contributed by atoms with Crippen molar-refractivity contribution in [1.29, 1.82) is 0 Å². The summed E-state index contributed by atoms with van der Waals surface area (Å²) in [6.45, 7) is 3.66. The molecule has 1 aromatic rings. The van der Waals surface area contributed by atoms with E-state index in [4.69, 9.17) is 9.47 Å². The largest absolute Gasteiger partial charge is 0.466 e. The van der Waals surface area contributed by atoms with Crippen molar-refractivity contribution in [3.05, 3.63) is 16.0 Å². The molecule has 0 bridgehead atoms. The quantitative estimate of drug-likeness (QED) is 0.745. The molecule has 7 nitrogen and oxygen atoms in total. The summed E-state index contributed by atoms with van der Waals surface area (Å²) < 4.78 is 10.0. The third-order valence-electron chi connectivity index (χ3n) is 5.06. The molecule has 1 atom stereocenters. The van der Waals surface area contributed by atoms with E-state index in [-0.39, 0.29) is 24.3 Å². The standard InChI is InChI=1S/C19H26N2O5S/c1-3-26-18(23)12-6-5-9-21(10-12)11-15(22)20-17-16(19(24)25-2)13-7-4-8-14(13)27-17/h12H,3-11H2,1-2H3,(H,20,22). The van der Waals surface area contributed by atoms with Gasteiger partial charge in [-0.15, -0.1) is 11.3 Å². The predicted octanol–water partition coefficient (Wildman–Crippen LogP) is 2.24. The number of piperidine rings is 1. The fraction of sp³-hybridized carbons (Fsp3) is 0.632. The summed E-state index contributed by atoms with van der Waals surface area (Å²) in [6, 6.07) is 0. The van der Waals surface area contributed by atoms with Crippen molar-refractivity contribution in [2.45, 2.75) is 39.0 Å². The number of fused-ring (bicyclic) bond motifs is 1. The maximum Gasteiger partial charge on any atom is 0.341 e. The Bertz CT molecular complexity index is 730. The summed E-state index contributed by atoms with van der Waals surface area (Å²) in [4.78, 5) is 39.8. The van der Waals surface area contributed by atoms with Crippen LogP contribution in [-0.4, -0.2) is 56.1 Å². The van der Waals surface area contributed by atoms with E-state index in [1.165, 1.54) is 18.4 Å². The second-order valence-electron chi connectivity index (χ2n) is 6.93. The first kappa shape index (κ1) is 19.8. The number of anilines is 1. The second kappa shape index (κ2) is 8.84. The molecule has 0 saturated carbocycles. The lowest BCUT2D eigenvalue weighted by molar-refractivity contribution is -0.150. The highest BCUT2D eigenvalue weighted by Gasteiger charge is 2.30. The van der Waals surface area contributed by atoms with Crippen molar-refractivity contribution in [3.8, 4) is 0 Å². The van der Waals surface area contributed by atoms with Gasteiger partial charge in [0.25, 0.3) is 0 Å². The maximum atomic E-state index is 12.6. The van der Waals surface area contributed by atoms with Gasteiger partial charge in [0.05, 0.1) is 31.7 Å². The van der Waals surface area contributed by atoms with Crippen LogP contribution >= 0.6 is 11.3 Å². The van der Waals surface area contributed by atoms with Gasteiger partial charge in [0, 0.05) is 11.4 Å². The lowest BCUT2D eigenvalue weighted by Gasteiger charge is -2.30. The number of esters is 2. The van der Waals surface area contributed by atoms with E-state index in [1.807, 2.05) is 4.90 Å². The Balaban J connectivity index is 1.63. The van der Waals surface area contributed by atoms with Crippen LogP contribution in [0.2, 0.25) is 0 Å². The average molecular weight is 394 g/mol. The fourth-order valence-corrected chi connectivity index (χ4v) is 5.12. The molecule has 2 heterocycles. The van der Waals surface area contributed by atoms with Crippen LogP contribution < -0.4 is 5.32 Å². The van der Waals surface area contributed by atoms with Crippen LogP contribution in [0.4, 0.5) is 5.00 Å². The van der Waals surface area contributed by atoms with Crippen molar-refractivity contribution in [2.24, 2.45) is 5.92 Å². The highest BCUT2D eigenvalue weighted by Crippen LogP contribution is 2.39. The van der Waals surface area contributed by atoms with Crippen LogP contribution in [0.25, 0.3) is 0 Å². The number of rotatable bonds is 6. The van der Waals surface area contributed by atoms with Crippen LogP contribution in [-0.2, 0) is 31.9 Å². The zero-order valence-electron chi connectivity index (χ0n) is 15.8. The van der Waals surface area contributed by atoms with Crippen molar-refractivity contribution >= 4 is 34.2 Å². The molecule has 1 amide bonds. The molecule has 1 unspecified atom stereocenters. The number of aryl methyl sites for hydroxylation is 1. The monoisotopic (exact) mass is 394 g/mol. The molecular weight excluding hydrogens is 368 g/mol. The van der Waals surface area contributed by atoms with Crippen LogP contribution in [0.15, 0.2) is 0 Å². The minimum Gasteiger partial charge on any atom is -0.466 e. The molecule has 0 aromatic carbocycles. The number of ether oxygens (including phenoxy) is 2. The van der Waals surface area contributed by atoms with Gasteiger partial charge in [-0.2, -0.15) is 0 Å². The van der Waals surface area contributed by atoms with E-state index in [2.05, 4.69) is 5.32 Å². The molecule has 0 radical (unpaired) electrons. The van der Waals surface area contributed by atoms with E-state index in [0.29, 0.717) is 23.7 Å². The highest BCUT2D eigenvalue weighted by atomic mass is 32.1. The van der Waals surface area contributed by atoms with Gasteiger partial charge >= 0.3 is 11.9 Å². The summed E-state index contributed by atoms with van der Waals surface area (Å²) in [7, 11) is 1.36. The SMILES string of the molecule is CCOC(=O)C1CCCN(CC(=O)Nc2sc3c(c2C(=O)OC)CCC3)C1. The van der Waals surface area contributed by atoms with E-state index in [1.54, 1.807) is 6.92 Å². The first-order valence-electron chi connectivity index (χ1n) is 9.45. The predicted molar refractivity (Wildman–Crippen MR) is 102 cm³/mol. The Morgan fingerprint density at radius 1 is 1.26 bits per heavy atom. The molecule has 1 aromatic heterocycles. The molecule has 0 spiro atoms. The Hall–Kier alpha value is -1.93. The van der Waals surface area contributed by atoms with Gasteiger partial charge in [-0.25, -0.2) is 4.79 Å². The molecule has 1 fully saturated rings. The number of nitrogens with zero attached hydrogens (tertiary/aromatic N) is 1. The van der Waals surface area contributed by atoms with E-state index < -0.39 is 5.97 Å². The number of thiophene rings is 1. The van der Waals surface area contributed by atoms with E-state index in [0.717, 1.165) is 49.1 Å². The number of carbonyl (C=O) groups is 3. The summed E-state index contributed by atoms with van der Waals surface area (Å²) >= 11 is 1.47. The molecule has 1 N–H and O–H groups in total. The third-order valence-corrected chi connectivity index (χ3v) is 6.26. The summed E-state index contributed by atoms with van der Waals surface area (Å²) in [5.41, 5.74) is 1.52. The van der Waals surface area contributed by atoms with Gasteiger partial charge in [-0.3, -0.25) is 14.5 Å². The van der Waals surface area contributed by atoms with E-state index in [9.17, 15) is 14.4 Å². The van der Waals surface area contributed by atoms with Gasteiger partial charge in [0.1, 0.15) is 5.00 Å². The number of methoxy groups -OCH3 is 1. The Morgan fingerprint density at radius 2 is 2.07 bits per heavy atom. The summed E-state index contributed by atoms with van der Waals surface area (Å²) in [5.74, 6) is -0.942. The second-order valence-corrected chi connectivity index (χ2v) is 8.03. The Morgan fingerprint density at radius 3 is 2.81 bits per heavy atom. The van der Waals surface area contributed by atoms with Crippen LogP contribution in [0, 0.1) is 5.92 Å². The summed E-state index contributed by atoms with van der Waals surface area (Å²) in [5, 5.41) is 3.47. The van der Waals surface area contributed by atoms with Crippen molar-refractivity contribution in [3.63, 3.8) is 0 Å². The average Bonchev–Trinajstić information content (AvgIpc) is 3.22. The molecule has 1 saturated heterocycles.